The number of guanidine groups is 2. The van der Waals surface area contributed by atoms with Crippen molar-refractivity contribution in [3.05, 3.63) is 0 Å². The number of nitrogens with one attached hydrogen (secondary N) is 2. The molecule has 0 aromatic rings. The fourth-order valence-electron chi connectivity index (χ4n) is 1.16. The van der Waals surface area contributed by atoms with Crippen LogP contribution in [0.25, 0.3) is 0 Å². The van der Waals surface area contributed by atoms with E-state index in [1.165, 1.54) is 0 Å². The monoisotopic (exact) mass is 320 g/mol. The molecule has 10 heteroatoms. The van der Waals surface area contributed by atoms with E-state index in [0.717, 1.165) is 52.6 Å². The van der Waals surface area contributed by atoms with E-state index in [1.807, 2.05) is 0 Å². The fraction of sp³-hybridized carbons (Fsp3) is 0.667. The van der Waals surface area contributed by atoms with Crippen LogP contribution in [0.5, 0.6) is 0 Å². The Labute approximate surface area is 130 Å². The largest absolute Gasteiger partial charge is 0.550 e. The molecule has 0 unspecified atom stereocenters. The van der Waals surface area contributed by atoms with E-state index in [1.54, 1.807) is 10.6 Å². The number of carbonyl (C=O) groups excluding carboxylic acids is 2. The van der Waals surface area contributed by atoms with Gasteiger partial charge in [0.25, 0.3) is 11.9 Å². The zero-order valence-electron chi connectivity index (χ0n) is 13.2. The minimum atomic E-state index is -1.08. The van der Waals surface area contributed by atoms with Crippen molar-refractivity contribution in [3.63, 3.8) is 0 Å². The van der Waals surface area contributed by atoms with Crippen molar-refractivity contribution in [2.75, 3.05) is 13.1 Å². The van der Waals surface area contributed by atoms with Crippen LogP contribution in [-0.2, 0) is 9.59 Å². The van der Waals surface area contributed by atoms with E-state index in [0.29, 0.717) is 0 Å². The molecule has 0 atom stereocenters. The van der Waals surface area contributed by atoms with Gasteiger partial charge in [-0.2, -0.15) is 0 Å². The van der Waals surface area contributed by atoms with Crippen LogP contribution in [-0.4, -0.2) is 36.9 Å². The molecule has 0 aliphatic carbocycles. The summed E-state index contributed by atoms with van der Waals surface area (Å²) in [6.07, 6.45) is 4.46. The minimum absolute atomic E-state index is 0.162. The van der Waals surface area contributed by atoms with Crippen molar-refractivity contribution in [3.8, 4) is 0 Å². The highest BCUT2D eigenvalue weighted by atomic mass is 16.4. The lowest BCUT2D eigenvalue weighted by atomic mass is 10.2. The van der Waals surface area contributed by atoms with Crippen molar-refractivity contribution < 1.29 is 30.4 Å². The number of hydrogen-bond donors (Lipinski definition) is 6. The molecule has 10 nitrogen and oxygen atoms in total. The number of quaternary nitrogens is 2. The van der Waals surface area contributed by atoms with Gasteiger partial charge in [0.2, 0.25) is 0 Å². The Bertz CT molecular complexity index is 296. The number of rotatable bonds is 7. The lowest BCUT2D eigenvalue weighted by Gasteiger charge is -1.99. The molecule has 0 spiro atoms. The Morgan fingerprint density at radius 3 is 1.23 bits per heavy atom. The number of unbranched alkanes of at least 4 members (excludes halogenated alkanes) is 3. The Balaban J connectivity index is -0.000000372. The van der Waals surface area contributed by atoms with Crippen LogP contribution >= 0.6 is 0 Å². The molecule has 0 aliphatic rings. The zero-order valence-corrected chi connectivity index (χ0v) is 13.2. The lowest BCUT2D eigenvalue weighted by Crippen LogP contribution is -2.90. The first-order chi connectivity index (χ1) is 10.1. The summed E-state index contributed by atoms with van der Waals surface area (Å²) in [5, 5.41) is 35.2. The summed E-state index contributed by atoms with van der Waals surface area (Å²) in [5.74, 6) is -1.84. The molecule has 0 rings (SSSR count). The summed E-state index contributed by atoms with van der Waals surface area (Å²) < 4.78 is 0. The van der Waals surface area contributed by atoms with E-state index in [-0.39, 0.29) is 11.9 Å². The molecule has 130 valence electrons. The normalized spacial score (nSPS) is 8.64. The molecule has 0 radical (unpaired) electrons. The molecule has 0 aromatic carbocycles. The predicted octanol–water partition coefficient (Wildman–Crippen LogP) is -5.03. The quantitative estimate of drug-likeness (QED) is 0.153. The molecular weight excluding hydrogens is 292 g/mol. The standard InChI is InChI=1S/C8H20N6.2C2H4O2/c9-7(10)13-5-3-1-2-4-6-14-8(11)12;2*1-2(3)4/h1-6H2,(H4,9,10,13)(H4,11,12,14);2*1H3,(H,3,4). The van der Waals surface area contributed by atoms with Crippen LogP contribution in [0.15, 0.2) is 0 Å². The molecule has 0 aromatic heterocycles. The second-order valence-electron chi connectivity index (χ2n) is 4.29. The zero-order chi connectivity index (χ0) is 18.0. The Morgan fingerprint density at radius 1 is 0.818 bits per heavy atom. The first-order valence-electron chi connectivity index (χ1n) is 6.79. The van der Waals surface area contributed by atoms with Crippen molar-refractivity contribution in [1.82, 2.24) is 0 Å². The third kappa shape index (κ3) is 64.9. The van der Waals surface area contributed by atoms with E-state index < -0.39 is 11.9 Å². The summed E-state index contributed by atoms with van der Waals surface area (Å²) in [6, 6.07) is 0. The third-order valence-corrected chi connectivity index (χ3v) is 1.89. The summed E-state index contributed by atoms with van der Waals surface area (Å²) >= 11 is 0. The molecule has 0 aliphatic heterocycles. The minimum Gasteiger partial charge on any atom is -0.550 e. The number of carboxylic acid groups (broad SMARTS) is 2. The highest BCUT2D eigenvalue weighted by Crippen LogP contribution is 1.95. The lowest BCUT2D eigenvalue weighted by molar-refractivity contribution is -0.545. The topological polar surface area (TPSA) is 213 Å². The third-order valence-electron chi connectivity index (χ3n) is 1.89. The Hall–Kier alpha value is -2.20. The first kappa shape index (κ1) is 24.8. The van der Waals surface area contributed by atoms with Crippen molar-refractivity contribution in [2.45, 2.75) is 39.5 Å². The fourth-order valence-corrected chi connectivity index (χ4v) is 1.16. The van der Waals surface area contributed by atoms with Gasteiger partial charge in [-0.15, -0.1) is 0 Å². The van der Waals surface area contributed by atoms with Crippen molar-refractivity contribution >= 4 is 23.9 Å². The molecule has 0 bridgehead atoms. The smallest absolute Gasteiger partial charge is 0.288 e. The average Bonchev–Trinajstić information content (AvgIpc) is 2.30. The Morgan fingerprint density at radius 2 is 1.05 bits per heavy atom. The van der Waals surface area contributed by atoms with Gasteiger partial charge < -0.3 is 31.3 Å². The van der Waals surface area contributed by atoms with Crippen LogP contribution in [0, 0.1) is 10.8 Å². The Kier molecular flexibility index (Phi) is 21.2. The van der Waals surface area contributed by atoms with Gasteiger partial charge in [0.1, 0.15) is 0 Å². The van der Waals surface area contributed by atoms with Crippen LogP contribution in [0.1, 0.15) is 39.5 Å². The van der Waals surface area contributed by atoms with Gasteiger partial charge in [-0.3, -0.25) is 10.6 Å². The summed E-state index contributed by atoms with van der Waals surface area (Å²) in [7, 11) is 0. The van der Waals surface area contributed by atoms with Gasteiger partial charge >= 0.3 is 0 Å². The van der Waals surface area contributed by atoms with Crippen LogP contribution < -0.4 is 32.3 Å². The highest BCUT2D eigenvalue weighted by Gasteiger charge is 1.96. The van der Waals surface area contributed by atoms with Crippen molar-refractivity contribution in [1.29, 1.82) is 10.8 Å². The molecule has 10 N–H and O–H groups in total. The molecular formula is C12H28N6O4. The summed E-state index contributed by atoms with van der Waals surface area (Å²) in [4.78, 5) is 17.8. The average molecular weight is 320 g/mol. The predicted molar refractivity (Wildman–Crippen MR) is 77.2 cm³/mol. The second-order valence-corrected chi connectivity index (χ2v) is 4.29. The maximum atomic E-state index is 8.89. The number of aliphatic carboxylic acids is 2. The molecule has 0 amide bonds. The molecule has 22 heavy (non-hydrogen) atoms. The number of carboxylic acids is 2. The molecule has 0 heterocycles. The first-order valence-corrected chi connectivity index (χ1v) is 6.79. The van der Waals surface area contributed by atoms with Crippen molar-refractivity contribution in [2.24, 2.45) is 11.5 Å². The van der Waals surface area contributed by atoms with Gasteiger partial charge in [-0.25, -0.2) is 10.8 Å². The van der Waals surface area contributed by atoms with Gasteiger partial charge in [-0.05, 0) is 39.5 Å². The van der Waals surface area contributed by atoms with E-state index in [2.05, 4.69) is 0 Å². The second kappa shape index (κ2) is 18.8. The maximum absolute atomic E-state index is 8.89. The van der Waals surface area contributed by atoms with Gasteiger partial charge in [0, 0.05) is 11.9 Å². The van der Waals surface area contributed by atoms with Gasteiger partial charge in [0.05, 0.1) is 13.1 Å². The number of carbonyl (C=O) groups is 2. The molecule has 0 fully saturated rings. The SMILES string of the molecule is CC(=O)[O-].CC(=O)[O-].N=C(N)[NH2+]CCCCCC[NH2+]C(=N)N. The molecule has 0 saturated heterocycles. The van der Waals surface area contributed by atoms with E-state index >= 15 is 0 Å². The number of hydrogen-bond acceptors (Lipinski definition) is 6. The van der Waals surface area contributed by atoms with Crippen LogP contribution in [0.3, 0.4) is 0 Å². The van der Waals surface area contributed by atoms with E-state index in [4.69, 9.17) is 42.1 Å². The summed E-state index contributed by atoms with van der Waals surface area (Å²) in [5.41, 5.74) is 10.3. The van der Waals surface area contributed by atoms with Gasteiger partial charge in [-0.1, -0.05) is 0 Å². The van der Waals surface area contributed by atoms with Crippen LogP contribution in [0.2, 0.25) is 0 Å². The van der Waals surface area contributed by atoms with Crippen LogP contribution in [0.4, 0.5) is 0 Å². The number of nitrogens with two attached hydrogens (primary N) is 4. The van der Waals surface area contributed by atoms with Gasteiger partial charge in [0.15, 0.2) is 0 Å². The maximum Gasteiger partial charge on any atom is 0.288 e. The van der Waals surface area contributed by atoms with E-state index in [9.17, 15) is 0 Å². The highest BCUT2D eigenvalue weighted by molar-refractivity contribution is 5.63. The molecule has 0 saturated carbocycles. The summed E-state index contributed by atoms with van der Waals surface area (Å²) in [6.45, 7) is 3.73.